The molecule has 0 bridgehead atoms. The van der Waals surface area contributed by atoms with Gasteiger partial charge in [-0.2, -0.15) is 26.3 Å². The Morgan fingerprint density at radius 3 is 1.21 bits per heavy atom. The van der Waals surface area contributed by atoms with Crippen LogP contribution in [0.4, 0.5) is 38.2 Å². The summed E-state index contributed by atoms with van der Waals surface area (Å²) in [6.45, 7) is 7.90. The molecule has 416 valence electrons. The van der Waals surface area contributed by atoms with Gasteiger partial charge >= 0.3 is 12.4 Å². The van der Waals surface area contributed by atoms with Crippen LogP contribution in [0.3, 0.4) is 0 Å². The third-order valence-corrected chi connectivity index (χ3v) is 15.2. The van der Waals surface area contributed by atoms with Gasteiger partial charge in [0.05, 0.1) is 46.3 Å². The molecule has 0 amide bonds. The molecule has 2 N–H and O–H groups in total. The van der Waals surface area contributed by atoms with Crippen molar-refractivity contribution in [1.29, 1.82) is 0 Å². The standard InChI is InChI=1S/2C28H25F3N4O4S/c2*1-17(2)39-26-9-4-18(16-34-26)24-14-19(28(29,30)31)5-7-21(24)22-10-13-38-25-15-20(6-8-23(22)25)40(36,37)35-27-32-11-3-12-33-27/h2*3-9,11-12,14-17,22H,10,13H2,1-2H3,(H,32,33,35)/t2*22-/m10/s1. The van der Waals surface area contributed by atoms with Crippen LogP contribution in [0.15, 0.2) is 156 Å². The average Bonchev–Trinajstić information content (AvgIpc) is 3.55. The van der Waals surface area contributed by atoms with Crippen molar-refractivity contribution >= 4 is 31.9 Å². The number of halogens is 6. The predicted octanol–water partition coefficient (Wildman–Crippen LogP) is 12.1. The highest BCUT2D eigenvalue weighted by Crippen LogP contribution is 2.47. The minimum Gasteiger partial charge on any atom is -0.493 e. The molecule has 2 aliphatic heterocycles. The molecule has 2 aliphatic rings. The van der Waals surface area contributed by atoms with Crippen molar-refractivity contribution in [2.24, 2.45) is 0 Å². The highest BCUT2D eigenvalue weighted by atomic mass is 32.2. The van der Waals surface area contributed by atoms with E-state index in [1.807, 2.05) is 27.7 Å². The van der Waals surface area contributed by atoms with E-state index >= 15 is 0 Å². The zero-order valence-corrected chi connectivity index (χ0v) is 44.7. The number of benzene rings is 4. The Hall–Kier alpha value is -8.38. The quantitative estimate of drug-likeness (QED) is 0.0972. The molecule has 0 saturated carbocycles. The van der Waals surface area contributed by atoms with E-state index in [0.29, 0.717) is 80.6 Å². The summed E-state index contributed by atoms with van der Waals surface area (Å²) in [4.78, 5) is 24.0. The lowest BCUT2D eigenvalue weighted by Gasteiger charge is -2.29. The first-order valence-corrected chi connectivity index (χ1v) is 27.8. The van der Waals surface area contributed by atoms with E-state index < -0.39 is 43.5 Å². The van der Waals surface area contributed by atoms with Crippen molar-refractivity contribution in [2.45, 2.75) is 86.7 Å². The lowest BCUT2D eigenvalue weighted by molar-refractivity contribution is -0.138. The van der Waals surface area contributed by atoms with E-state index in [4.69, 9.17) is 18.9 Å². The van der Waals surface area contributed by atoms with Crippen molar-refractivity contribution in [3.05, 3.63) is 180 Å². The number of sulfonamides is 2. The Bertz CT molecular complexity index is 3470. The van der Waals surface area contributed by atoms with E-state index in [-0.39, 0.29) is 58.9 Å². The predicted molar refractivity (Wildman–Crippen MR) is 283 cm³/mol. The summed E-state index contributed by atoms with van der Waals surface area (Å²) < 4.78 is 161. The Morgan fingerprint density at radius 2 is 0.875 bits per heavy atom. The first kappa shape index (κ1) is 56.3. The van der Waals surface area contributed by atoms with Gasteiger partial charge in [-0.15, -0.1) is 0 Å². The number of nitrogens with zero attached hydrogens (tertiary/aromatic N) is 6. The average molecular weight is 1140 g/mol. The Labute approximate surface area is 456 Å². The largest absolute Gasteiger partial charge is 0.493 e. The summed E-state index contributed by atoms with van der Waals surface area (Å²) in [5.41, 5.74) is 2.78. The van der Waals surface area contributed by atoms with Crippen LogP contribution in [-0.2, 0) is 32.4 Å². The van der Waals surface area contributed by atoms with E-state index in [0.717, 1.165) is 24.3 Å². The van der Waals surface area contributed by atoms with Gasteiger partial charge in [0.2, 0.25) is 23.7 Å². The van der Waals surface area contributed by atoms with Crippen LogP contribution in [0.5, 0.6) is 23.3 Å². The SMILES string of the molecule is CC(C)Oc1ccc(-c2cc(C(F)(F)F)ccc2[C@@H]2CCOc3cc(S(=O)(=O)Nc4ncccn4)ccc32)cn1.CC(C)Oc1ccc(-c2cc(C(F)(F)F)ccc2[C@H]2CCOc3cc(S(=O)(=O)Nc4ncccn4)ccc32)cn1. The second kappa shape index (κ2) is 23.1. The Balaban J connectivity index is 0.000000194. The zero-order valence-electron chi connectivity index (χ0n) is 43.0. The second-order valence-corrected chi connectivity index (χ2v) is 22.2. The number of anilines is 2. The normalized spacial score (nSPS) is 15.3. The van der Waals surface area contributed by atoms with Crippen LogP contribution in [0, 0.1) is 0 Å². The maximum absolute atomic E-state index is 13.7. The third-order valence-electron chi connectivity index (χ3n) is 12.6. The van der Waals surface area contributed by atoms with Gasteiger partial charge in [0.25, 0.3) is 20.0 Å². The van der Waals surface area contributed by atoms with E-state index in [2.05, 4.69) is 39.3 Å². The Morgan fingerprint density at radius 1 is 0.500 bits per heavy atom. The number of fused-ring (bicyclic) bond motifs is 2. The fourth-order valence-electron chi connectivity index (χ4n) is 9.06. The number of pyridine rings is 2. The molecule has 0 radical (unpaired) electrons. The maximum Gasteiger partial charge on any atom is 0.416 e. The summed E-state index contributed by atoms with van der Waals surface area (Å²) in [5.74, 6) is 0.539. The topological polar surface area (TPSA) is 207 Å². The van der Waals surface area contributed by atoms with Crippen LogP contribution in [-0.4, -0.2) is 72.2 Å². The molecule has 16 nitrogen and oxygen atoms in total. The number of aromatic nitrogens is 6. The number of alkyl halides is 6. The summed E-state index contributed by atoms with van der Waals surface area (Å²) in [6.07, 6.45) is 0.304. The molecule has 0 spiro atoms. The number of rotatable bonds is 14. The van der Waals surface area contributed by atoms with Crippen LogP contribution in [0.1, 0.15) is 85.8 Å². The lowest BCUT2D eigenvalue weighted by Crippen LogP contribution is -2.19. The molecule has 0 unspecified atom stereocenters. The second-order valence-electron chi connectivity index (χ2n) is 18.8. The molecule has 4 aromatic heterocycles. The van der Waals surface area contributed by atoms with Crippen LogP contribution >= 0.6 is 0 Å². The number of nitrogens with one attached hydrogen (secondary N) is 2. The van der Waals surface area contributed by atoms with Crippen molar-refractivity contribution in [2.75, 3.05) is 22.7 Å². The van der Waals surface area contributed by atoms with Crippen molar-refractivity contribution in [3.63, 3.8) is 0 Å². The summed E-state index contributed by atoms with van der Waals surface area (Å²) in [5, 5.41) is 0. The molecule has 2 atom stereocenters. The van der Waals surface area contributed by atoms with E-state index in [1.165, 1.54) is 73.6 Å². The fourth-order valence-corrected chi connectivity index (χ4v) is 11.0. The fraction of sp³-hybridized carbons (Fsp3) is 0.250. The third kappa shape index (κ3) is 13.2. The van der Waals surface area contributed by atoms with Gasteiger partial charge < -0.3 is 18.9 Å². The number of hydrogen-bond acceptors (Lipinski definition) is 14. The maximum atomic E-state index is 13.7. The molecule has 24 heteroatoms. The molecule has 8 aromatic rings. The van der Waals surface area contributed by atoms with Gasteiger partial charge in [0.15, 0.2) is 0 Å². The van der Waals surface area contributed by atoms with Crippen LogP contribution in [0.25, 0.3) is 22.3 Å². The van der Waals surface area contributed by atoms with Gasteiger partial charge in [-0.05, 0) is 123 Å². The smallest absolute Gasteiger partial charge is 0.416 e. The monoisotopic (exact) mass is 1140 g/mol. The van der Waals surface area contributed by atoms with Crippen molar-refractivity contribution in [1.82, 2.24) is 29.9 Å². The summed E-state index contributed by atoms with van der Waals surface area (Å²) in [7, 11) is -8.03. The highest BCUT2D eigenvalue weighted by Gasteiger charge is 2.36. The van der Waals surface area contributed by atoms with Gasteiger partial charge in [0, 0.05) is 95.5 Å². The first-order valence-electron chi connectivity index (χ1n) is 24.8. The molecule has 4 aromatic carbocycles. The van der Waals surface area contributed by atoms with Crippen molar-refractivity contribution in [3.8, 4) is 45.5 Å². The van der Waals surface area contributed by atoms with E-state index in [1.54, 1.807) is 48.5 Å². The molecule has 0 aliphatic carbocycles. The summed E-state index contributed by atoms with van der Waals surface area (Å²) in [6, 6.07) is 25.9. The molecule has 0 fully saturated rings. The molecule has 10 rings (SSSR count). The number of ether oxygens (including phenoxy) is 4. The first-order chi connectivity index (χ1) is 38.0. The van der Waals surface area contributed by atoms with Gasteiger partial charge in [-0.25, -0.2) is 56.2 Å². The van der Waals surface area contributed by atoms with Crippen molar-refractivity contribution < 1.29 is 62.1 Å². The summed E-state index contributed by atoms with van der Waals surface area (Å²) >= 11 is 0. The van der Waals surface area contributed by atoms with E-state index in [9.17, 15) is 43.2 Å². The minimum absolute atomic E-state index is 0.0584. The molecule has 6 heterocycles. The molecule has 80 heavy (non-hydrogen) atoms. The lowest BCUT2D eigenvalue weighted by atomic mass is 9.82. The van der Waals surface area contributed by atoms with Crippen LogP contribution in [0.2, 0.25) is 0 Å². The highest BCUT2D eigenvalue weighted by molar-refractivity contribution is 7.93. The zero-order chi connectivity index (χ0) is 57.0. The molecule has 0 saturated heterocycles. The number of hydrogen-bond donors (Lipinski definition) is 2. The molecular weight excluding hydrogens is 1090 g/mol. The van der Waals surface area contributed by atoms with Gasteiger partial charge in [0.1, 0.15) is 11.5 Å². The van der Waals surface area contributed by atoms with Gasteiger partial charge in [-0.3, -0.25) is 0 Å². The minimum atomic E-state index is -4.53. The molecular formula is C56H50F6N8O8S2. The van der Waals surface area contributed by atoms with Gasteiger partial charge in [-0.1, -0.05) is 24.3 Å². The van der Waals surface area contributed by atoms with Crippen LogP contribution < -0.4 is 28.4 Å². The Kier molecular flexibility index (Phi) is 16.3.